The third-order valence-corrected chi connectivity index (χ3v) is 8.33. The van der Waals surface area contributed by atoms with Crippen LogP contribution in [-0.4, -0.2) is 69.2 Å². The predicted molar refractivity (Wildman–Crippen MR) is 138 cm³/mol. The van der Waals surface area contributed by atoms with E-state index in [4.69, 9.17) is 14.2 Å². The van der Waals surface area contributed by atoms with Crippen LogP contribution in [0.15, 0.2) is 54.3 Å². The zero-order valence-corrected chi connectivity index (χ0v) is 22.0. The number of rotatable bonds is 9. The molecule has 0 spiro atoms. The molecule has 6 atom stereocenters. The molecule has 40 heavy (non-hydrogen) atoms. The van der Waals surface area contributed by atoms with Crippen LogP contribution >= 0.6 is 0 Å². The maximum Gasteiger partial charge on any atom is 0.349 e. The second-order valence-corrected chi connectivity index (χ2v) is 10.3. The smallest absolute Gasteiger partial charge is 0.349 e. The number of carbonyl (C=O) groups is 3. The van der Waals surface area contributed by atoms with E-state index in [1.54, 1.807) is 31.3 Å². The summed E-state index contributed by atoms with van der Waals surface area (Å²) in [6.07, 6.45) is -2.90. The molecule has 0 saturated heterocycles. The van der Waals surface area contributed by atoms with Gasteiger partial charge in [-0.05, 0) is 37.6 Å². The molecule has 3 aliphatic rings. The summed E-state index contributed by atoms with van der Waals surface area (Å²) in [6, 6.07) is 10.8. The lowest BCUT2D eigenvalue weighted by atomic mass is 9.52. The Morgan fingerprint density at radius 3 is 2.55 bits per heavy atom. The fourth-order valence-electron chi connectivity index (χ4n) is 6.47. The molecular formula is C29H31NO10. The van der Waals surface area contributed by atoms with E-state index in [1.807, 2.05) is 6.92 Å². The number of aliphatic hydroxyl groups excluding tert-OH is 1. The number of aliphatic carboxylic acids is 1. The highest BCUT2D eigenvalue weighted by molar-refractivity contribution is 5.84. The average Bonchev–Trinajstić information content (AvgIpc) is 3.32. The minimum Gasteiger partial charge on any atom is -0.504 e. The Labute approximate surface area is 230 Å². The van der Waals surface area contributed by atoms with Gasteiger partial charge in [0.05, 0.1) is 17.4 Å². The molecule has 11 heteroatoms. The number of aromatic hydroxyl groups is 1. The Bertz CT molecular complexity index is 1370. The van der Waals surface area contributed by atoms with Gasteiger partial charge in [-0.3, -0.25) is 4.79 Å². The monoisotopic (exact) mass is 553 g/mol. The number of carboxylic acids is 1. The van der Waals surface area contributed by atoms with Crippen LogP contribution in [-0.2, 0) is 35.7 Å². The summed E-state index contributed by atoms with van der Waals surface area (Å²) in [6.45, 7) is 1.88. The van der Waals surface area contributed by atoms with E-state index in [0.29, 0.717) is 18.4 Å². The molecule has 0 amide bonds. The molecule has 2 aromatic carbocycles. The first kappa shape index (κ1) is 27.6. The van der Waals surface area contributed by atoms with Crippen LogP contribution in [0.3, 0.4) is 0 Å². The standard InChI is InChI=1S/C29H31NO10/c1-3-28-22-16-9-10-17(31)24(22)40-25(28)19(11-12-29(28,37)20(13-16)30-2)38-27(36)18(32)14-21(33)39-23(26(34)35)15-7-5-4-6-8-15/h4-11,18,20,23,25,30-32,37H,3,12-14H2,1-2H3,(H,34,35)/t18-,20+,23-,25-,28-,29+/m0/s1. The number of ether oxygens (including phenoxy) is 3. The second-order valence-electron chi connectivity index (χ2n) is 10.3. The van der Waals surface area contributed by atoms with E-state index in [1.165, 1.54) is 24.3 Å². The number of aliphatic hydroxyl groups is 2. The zero-order valence-electron chi connectivity index (χ0n) is 22.0. The number of carboxylic acid groups (broad SMARTS) is 1. The average molecular weight is 554 g/mol. The van der Waals surface area contributed by atoms with Crippen molar-refractivity contribution in [2.24, 2.45) is 0 Å². The Kier molecular flexibility index (Phi) is 7.07. The van der Waals surface area contributed by atoms with Gasteiger partial charge in [-0.25, -0.2) is 9.59 Å². The normalized spacial score (nSPS) is 27.4. The van der Waals surface area contributed by atoms with Crippen molar-refractivity contribution in [3.63, 3.8) is 0 Å². The van der Waals surface area contributed by atoms with Gasteiger partial charge in [0.2, 0.25) is 6.10 Å². The van der Waals surface area contributed by atoms with Crippen LogP contribution in [0, 0.1) is 0 Å². The first-order chi connectivity index (χ1) is 19.1. The van der Waals surface area contributed by atoms with Crippen LogP contribution in [0.4, 0.5) is 0 Å². The lowest BCUT2D eigenvalue weighted by molar-refractivity contribution is -0.169. The Balaban J connectivity index is 1.36. The van der Waals surface area contributed by atoms with E-state index < -0.39 is 53.7 Å². The highest BCUT2D eigenvalue weighted by Gasteiger charge is 2.69. The minimum atomic E-state index is -1.96. The molecule has 2 aromatic rings. The van der Waals surface area contributed by atoms with Gasteiger partial charge in [0, 0.05) is 23.6 Å². The van der Waals surface area contributed by atoms with Crippen LogP contribution < -0.4 is 10.1 Å². The van der Waals surface area contributed by atoms with E-state index in [9.17, 15) is 34.8 Å². The SMILES string of the molecule is CC[C@]12c3c4ccc(O)c3O[C@H]1C(OC(=O)[C@@H](O)CC(=O)O[C@H](C(=O)O)c1ccccc1)=CC[C@@]2(O)[C@H](NC)C4. The van der Waals surface area contributed by atoms with Crippen molar-refractivity contribution in [1.82, 2.24) is 5.32 Å². The molecule has 5 N–H and O–H groups in total. The number of phenolic OH excluding ortho intramolecular Hbond substituents is 1. The van der Waals surface area contributed by atoms with Gasteiger partial charge in [0.1, 0.15) is 5.76 Å². The third kappa shape index (κ3) is 4.12. The Morgan fingerprint density at radius 2 is 1.90 bits per heavy atom. The van der Waals surface area contributed by atoms with Crippen molar-refractivity contribution in [3.05, 3.63) is 71.0 Å². The molecular weight excluding hydrogens is 522 g/mol. The van der Waals surface area contributed by atoms with Gasteiger partial charge in [-0.15, -0.1) is 0 Å². The number of nitrogens with one attached hydrogen (secondary N) is 1. The first-order valence-electron chi connectivity index (χ1n) is 13.1. The number of hydrogen-bond acceptors (Lipinski definition) is 10. The summed E-state index contributed by atoms with van der Waals surface area (Å²) < 4.78 is 16.7. The summed E-state index contributed by atoms with van der Waals surface area (Å²) >= 11 is 0. The van der Waals surface area contributed by atoms with Crippen LogP contribution in [0.25, 0.3) is 0 Å². The van der Waals surface area contributed by atoms with Crippen molar-refractivity contribution in [3.8, 4) is 11.5 Å². The molecule has 0 unspecified atom stereocenters. The van der Waals surface area contributed by atoms with Gasteiger partial charge in [-0.2, -0.15) is 0 Å². The molecule has 212 valence electrons. The molecule has 1 aliphatic heterocycles. The highest BCUT2D eigenvalue weighted by Crippen LogP contribution is 2.63. The predicted octanol–water partition coefficient (Wildman–Crippen LogP) is 1.63. The lowest BCUT2D eigenvalue weighted by Crippen LogP contribution is -2.70. The van der Waals surface area contributed by atoms with E-state index >= 15 is 0 Å². The summed E-state index contributed by atoms with van der Waals surface area (Å²) in [5, 5.41) is 45.8. The van der Waals surface area contributed by atoms with Gasteiger partial charge in [0.15, 0.2) is 23.7 Å². The molecule has 0 aromatic heterocycles. The molecule has 0 fully saturated rings. The zero-order chi connectivity index (χ0) is 28.8. The Morgan fingerprint density at radius 1 is 1.18 bits per heavy atom. The number of hydrogen-bond donors (Lipinski definition) is 5. The number of benzene rings is 2. The number of likely N-dealkylation sites (N-methyl/N-ethyl adjacent to an activating group) is 1. The van der Waals surface area contributed by atoms with Gasteiger partial charge in [0.25, 0.3) is 0 Å². The van der Waals surface area contributed by atoms with Crippen molar-refractivity contribution in [2.45, 2.75) is 68.0 Å². The summed E-state index contributed by atoms with van der Waals surface area (Å²) in [4.78, 5) is 37.0. The molecule has 11 nitrogen and oxygen atoms in total. The number of phenols is 1. The van der Waals surface area contributed by atoms with E-state index in [-0.39, 0.29) is 35.3 Å². The molecule has 2 aliphatic carbocycles. The van der Waals surface area contributed by atoms with Gasteiger partial charge < -0.3 is 40.0 Å². The van der Waals surface area contributed by atoms with Gasteiger partial charge >= 0.3 is 17.9 Å². The molecule has 5 rings (SSSR count). The third-order valence-electron chi connectivity index (χ3n) is 8.33. The number of esters is 2. The summed E-state index contributed by atoms with van der Waals surface area (Å²) in [7, 11) is 1.75. The van der Waals surface area contributed by atoms with Crippen molar-refractivity contribution >= 4 is 17.9 Å². The fourth-order valence-corrected chi connectivity index (χ4v) is 6.47. The lowest BCUT2D eigenvalue weighted by Gasteiger charge is -2.56. The van der Waals surface area contributed by atoms with Crippen molar-refractivity contribution < 1.29 is 49.0 Å². The molecule has 1 heterocycles. The molecule has 0 bridgehead atoms. The van der Waals surface area contributed by atoms with Crippen LogP contribution in [0.5, 0.6) is 11.5 Å². The summed E-state index contributed by atoms with van der Waals surface area (Å²) in [5.74, 6) is -3.54. The maximum atomic E-state index is 12.9. The molecule has 0 saturated carbocycles. The van der Waals surface area contributed by atoms with Crippen molar-refractivity contribution in [1.29, 1.82) is 0 Å². The molecule has 0 radical (unpaired) electrons. The fraction of sp³-hybridized carbons (Fsp3) is 0.414. The van der Waals surface area contributed by atoms with Crippen LogP contribution in [0.2, 0.25) is 0 Å². The first-order valence-corrected chi connectivity index (χ1v) is 13.1. The quantitative estimate of drug-likeness (QED) is 0.286. The largest absolute Gasteiger partial charge is 0.504 e. The van der Waals surface area contributed by atoms with E-state index in [0.717, 1.165) is 5.56 Å². The Hall–Kier alpha value is -3.93. The van der Waals surface area contributed by atoms with E-state index in [2.05, 4.69) is 5.32 Å². The second kappa shape index (κ2) is 10.2. The van der Waals surface area contributed by atoms with Crippen LogP contribution in [0.1, 0.15) is 49.0 Å². The highest BCUT2D eigenvalue weighted by atomic mass is 16.6. The summed E-state index contributed by atoms with van der Waals surface area (Å²) in [5.41, 5.74) is -0.628. The topological polar surface area (TPSA) is 172 Å². The maximum absolute atomic E-state index is 12.9. The minimum absolute atomic E-state index is 0.0370. The van der Waals surface area contributed by atoms with Gasteiger partial charge in [-0.1, -0.05) is 43.3 Å². The number of carbonyl (C=O) groups excluding carboxylic acids is 2. The van der Waals surface area contributed by atoms with Crippen molar-refractivity contribution in [2.75, 3.05) is 7.05 Å².